The number of nitriles is 4. The van der Waals surface area contributed by atoms with E-state index in [9.17, 15) is 9.59 Å². The van der Waals surface area contributed by atoms with Gasteiger partial charge in [-0.3, -0.25) is 9.59 Å². The van der Waals surface area contributed by atoms with Crippen LogP contribution in [0.25, 0.3) is 0 Å². The summed E-state index contributed by atoms with van der Waals surface area (Å²) in [5.41, 5.74) is 0.922. The van der Waals surface area contributed by atoms with Crippen molar-refractivity contribution in [2.24, 2.45) is 5.92 Å². The van der Waals surface area contributed by atoms with Crippen LogP contribution in [-0.4, -0.2) is 16.9 Å². The molecule has 0 atom stereocenters. The molecular formula is C22H13BrCl4N4O2. The van der Waals surface area contributed by atoms with Crippen molar-refractivity contribution in [1.29, 1.82) is 21.0 Å². The van der Waals surface area contributed by atoms with E-state index in [1.807, 2.05) is 0 Å². The Morgan fingerprint density at radius 3 is 1.48 bits per heavy atom. The van der Waals surface area contributed by atoms with E-state index >= 15 is 0 Å². The van der Waals surface area contributed by atoms with Gasteiger partial charge in [0, 0.05) is 17.5 Å². The fourth-order valence-electron chi connectivity index (χ4n) is 1.88. The van der Waals surface area contributed by atoms with Crippen LogP contribution in [0.1, 0.15) is 33.6 Å². The minimum atomic E-state index is -0.929. The summed E-state index contributed by atoms with van der Waals surface area (Å²) in [7, 11) is 0. The van der Waals surface area contributed by atoms with Gasteiger partial charge in [0.1, 0.15) is 12.3 Å². The third kappa shape index (κ3) is 11.7. The molecule has 0 bridgehead atoms. The third-order valence-electron chi connectivity index (χ3n) is 3.46. The molecule has 0 radical (unpaired) electrons. The first-order valence-corrected chi connectivity index (χ1v) is 11.3. The van der Waals surface area contributed by atoms with Crippen molar-refractivity contribution >= 4 is 73.9 Å². The van der Waals surface area contributed by atoms with Gasteiger partial charge in [0.25, 0.3) is 0 Å². The SMILES string of the molecule is N#CC(C#N)CC(=O)c1ccc(Cl)c(Cl)c1.N#CCC#N.O=C(CBr)c1ccc(Cl)c(Cl)c1. The van der Waals surface area contributed by atoms with Crippen LogP contribution in [0.5, 0.6) is 0 Å². The van der Waals surface area contributed by atoms with Crippen LogP contribution < -0.4 is 0 Å². The first-order chi connectivity index (χ1) is 15.6. The maximum Gasteiger partial charge on any atom is 0.173 e. The molecule has 0 aliphatic carbocycles. The van der Waals surface area contributed by atoms with Gasteiger partial charge in [-0.15, -0.1) is 0 Å². The molecule has 0 aliphatic heterocycles. The molecule has 0 spiro atoms. The Kier molecular flexibility index (Phi) is 15.6. The molecule has 0 N–H and O–H groups in total. The smallest absolute Gasteiger partial charge is 0.173 e. The van der Waals surface area contributed by atoms with Crippen molar-refractivity contribution in [2.45, 2.75) is 12.8 Å². The maximum absolute atomic E-state index is 11.6. The number of carbonyl (C=O) groups is 2. The maximum atomic E-state index is 11.6. The zero-order chi connectivity index (χ0) is 25.4. The van der Waals surface area contributed by atoms with Gasteiger partial charge < -0.3 is 0 Å². The zero-order valence-corrected chi connectivity index (χ0v) is 21.3. The van der Waals surface area contributed by atoms with Gasteiger partial charge in [-0.1, -0.05) is 62.3 Å². The molecule has 0 amide bonds. The summed E-state index contributed by atoms with van der Waals surface area (Å²) in [6, 6.07) is 16.1. The van der Waals surface area contributed by atoms with Gasteiger partial charge in [0.2, 0.25) is 0 Å². The second-order valence-electron chi connectivity index (χ2n) is 5.75. The molecule has 0 saturated heterocycles. The number of hydrogen-bond donors (Lipinski definition) is 0. The number of nitrogens with zero attached hydrogens (tertiary/aromatic N) is 4. The summed E-state index contributed by atoms with van der Waals surface area (Å²) < 4.78 is 0. The summed E-state index contributed by atoms with van der Waals surface area (Å²) in [5.74, 6) is -1.23. The summed E-state index contributed by atoms with van der Waals surface area (Å²) in [6.45, 7) is 0. The quantitative estimate of drug-likeness (QED) is 0.268. The average molecular weight is 587 g/mol. The van der Waals surface area contributed by atoms with Crippen molar-refractivity contribution in [2.75, 3.05) is 5.33 Å². The molecule has 2 rings (SSSR count). The largest absolute Gasteiger partial charge is 0.294 e. The Bertz CT molecular complexity index is 1130. The molecule has 0 heterocycles. The fourth-order valence-corrected chi connectivity index (χ4v) is 2.79. The van der Waals surface area contributed by atoms with Crippen LogP contribution in [0, 0.1) is 51.2 Å². The number of hydrogen-bond acceptors (Lipinski definition) is 6. The van der Waals surface area contributed by atoms with E-state index in [1.165, 1.54) is 18.2 Å². The highest BCUT2D eigenvalue weighted by molar-refractivity contribution is 9.09. The first-order valence-electron chi connectivity index (χ1n) is 8.70. The first kappa shape index (κ1) is 30.4. The molecule has 2 aromatic rings. The molecule has 0 aliphatic rings. The van der Waals surface area contributed by atoms with Crippen molar-refractivity contribution in [3.63, 3.8) is 0 Å². The summed E-state index contributed by atoms with van der Waals surface area (Å²) in [4.78, 5) is 22.8. The van der Waals surface area contributed by atoms with Crippen molar-refractivity contribution < 1.29 is 9.59 Å². The average Bonchev–Trinajstić information content (AvgIpc) is 2.81. The van der Waals surface area contributed by atoms with Crippen LogP contribution >= 0.6 is 62.3 Å². The van der Waals surface area contributed by atoms with E-state index in [0.29, 0.717) is 31.5 Å². The van der Waals surface area contributed by atoms with Gasteiger partial charge in [-0.05, 0) is 36.4 Å². The van der Waals surface area contributed by atoms with E-state index in [2.05, 4.69) is 15.9 Å². The second-order valence-corrected chi connectivity index (χ2v) is 7.94. The standard InChI is InChI=1S/C11H6Cl2N2O.C8H5BrCl2O.C3H2N2/c12-9-2-1-8(4-10(9)13)11(16)3-7(5-14)6-15;9-4-8(12)5-1-2-6(10)7(11)3-5;4-2-1-3-5/h1-2,4,7H,3H2;1-3H,4H2;1H2. The van der Waals surface area contributed by atoms with Crippen LogP contribution in [-0.2, 0) is 0 Å². The highest BCUT2D eigenvalue weighted by Gasteiger charge is 2.14. The molecule has 6 nitrogen and oxygen atoms in total. The lowest BCUT2D eigenvalue weighted by atomic mass is 10.0. The monoisotopic (exact) mass is 584 g/mol. The predicted molar refractivity (Wildman–Crippen MR) is 131 cm³/mol. The van der Waals surface area contributed by atoms with Gasteiger partial charge >= 0.3 is 0 Å². The number of carbonyl (C=O) groups excluding carboxylic acids is 2. The Balaban J connectivity index is 0.000000530. The van der Waals surface area contributed by atoms with E-state index in [-0.39, 0.29) is 29.4 Å². The van der Waals surface area contributed by atoms with E-state index in [4.69, 9.17) is 67.5 Å². The number of halogens is 5. The van der Waals surface area contributed by atoms with Crippen molar-refractivity contribution in [3.05, 3.63) is 67.6 Å². The highest BCUT2D eigenvalue weighted by atomic mass is 79.9. The Morgan fingerprint density at radius 1 is 0.758 bits per heavy atom. The van der Waals surface area contributed by atoms with Gasteiger partial charge in [0.15, 0.2) is 11.6 Å². The van der Waals surface area contributed by atoms with E-state index in [1.54, 1.807) is 42.5 Å². The minimum Gasteiger partial charge on any atom is -0.294 e. The zero-order valence-electron chi connectivity index (χ0n) is 16.7. The van der Waals surface area contributed by atoms with Crippen LogP contribution in [0.2, 0.25) is 20.1 Å². The number of alkyl halides is 1. The Labute approximate surface area is 219 Å². The van der Waals surface area contributed by atoms with Gasteiger partial charge in [-0.25, -0.2) is 0 Å². The normalized spacial score (nSPS) is 8.91. The number of ketones is 2. The lowest BCUT2D eigenvalue weighted by Gasteiger charge is -2.02. The molecule has 168 valence electrons. The van der Waals surface area contributed by atoms with Crippen molar-refractivity contribution in [1.82, 2.24) is 0 Å². The lowest BCUT2D eigenvalue weighted by Crippen LogP contribution is -2.05. The highest BCUT2D eigenvalue weighted by Crippen LogP contribution is 2.24. The van der Waals surface area contributed by atoms with Gasteiger partial charge in [-0.2, -0.15) is 21.0 Å². The Hall–Kier alpha value is -2.62. The van der Waals surface area contributed by atoms with Crippen LogP contribution in [0.3, 0.4) is 0 Å². The minimum absolute atomic E-state index is 0. The summed E-state index contributed by atoms with van der Waals surface area (Å²) in [5, 5.41) is 34.1. The number of Topliss-reactive ketones (excluding diaryl/α,β-unsaturated/α-hetero) is 2. The lowest BCUT2D eigenvalue weighted by molar-refractivity contribution is 0.0975. The Morgan fingerprint density at radius 2 is 1.18 bits per heavy atom. The van der Waals surface area contributed by atoms with Crippen molar-refractivity contribution in [3.8, 4) is 24.3 Å². The summed E-state index contributed by atoms with van der Waals surface area (Å²) in [6.07, 6.45) is -0.134. The topological polar surface area (TPSA) is 129 Å². The number of benzene rings is 2. The second kappa shape index (κ2) is 16.9. The van der Waals surface area contributed by atoms with E-state index < -0.39 is 5.92 Å². The molecule has 0 unspecified atom stereocenters. The molecule has 0 saturated carbocycles. The summed E-state index contributed by atoms with van der Waals surface area (Å²) >= 11 is 25.9. The van der Waals surface area contributed by atoms with Crippen LogP contribution in [0.4, 0.5) is 0 Å². The third-order valence-corrected chi connectivity index (χ3v) is 5.45. The van der Waals surface area contributed by atoms with Crippen LogP contribution in [0.15, 0.2) is 36.4 Å². The molecular weight excluding hydrogens is 574 g/mol. The van der Waals surface area contributed by atoms with E-state index in [0.717, 1.165) is 0 Å². The number of rotatable bonds is 5. The molecule has 0 aromatic heterocycles. The molecule has 33 heavy (non-hydrogen) atoms. The molecule has 0 fully saturated rings. The predicted octanol–water partition coefficient (Wildman–Crippen LogP) is 7.22. The fraction of sp³-hybridized carbons (Fsp3) is 0.182. The van der Waals surface area contributed by atoms with Gasteiger partial charge in [0.05, 0.1) is 49.7 Å². The molecule has 11 heteroatoms. The molecule has 2 aromatic carbocycles.